The van der Waals surface area contributed by atoms with E-state index in [1.54, 1.807) is 18.2 Å². The Labute approximate surface area is 198 Å². The number of hydrogen-bond donors (Lipinski definition) is 1. The van der Waals surface area contributed by atoms with Crippen molar-refractivity contribution in [3.63, 3.8) is 0 Å². The van der Waals surface area contributed by atoms with Gasteiger partial charge in [0.2, 0.25) is 4.90 Å². The van der Waals surface area contributed by atoms with Gasteiger partial charge in [-0.2, -0.15) is 26.3 Å². The second-order valence-corrected chi connectivity index (χ2v) is 9.63. The number of rotatable bonds is 6. The predicted octanol–water partition coefficient (Wildman–Crippen LogP) is 5.48. The van der Waals surface area contributed by atoms with Gasteiger partial charge >= 0.3 is 18.3 Å². The number of hydrogen-bond acceptors (Lipinski definition) is 4. The lowest BCUT2D eigenvalue weighted by Gasteiger charge is -2.31. The molecule has 1 unspecified atom stereocenters. The Kier molecular flexibility index (Phi) is 6.50. The summed E-state index contributed by atoms with van der Waals surface area (Å²) in [4.78, 5) is 14.1. The molecule has 35 heavy (non-hydrogen) atoms. The molecular weight excluding hydrogens is 498 g/mol. The van der Waals surface area contributed by atoms with Crippen LogP contribution in [-0.2, 0) is 22.1 Å². The summed E-state index contributed by atoms with van der Waals surface area (Å²) in [6.45, 7) is -2.05. The third-order valence-corrected chi connectivity index (χ3v) is 7.50. The minimum atomic E-state index is -5.98. The number of ether oxygens (including phenoxy) is 2. The summed E-state index contributed by atoms with van der Waals surface area (Å²) in [6.07, 6.45) is -11.8. The molecule has 4 rings (SSSR count). The maximum Gasteiger partial charge on any atom is 0.429 e. The minimum Gasteiger partial charge on any atom is -0.490 e. The molecule has 0 radical (unpaired) electrons. The monoisotopic (exact) mass is 515 g/mol. The quantitative estimate of drug-likeness (QED) is 0.205. The molecule has 1 atom stereocenters. The molecule has 3 aromatic carbocycles. The Morgan fingerprint density at radius 1 is 0.829 bits per heavy atom. The zero-order valence-corrected chi connectivity index (χ0v) is 18.5. The van der Waals surface area contributed by atoms with E-state index in [1.807, 2.05) is 30.3 Å². The number of carbonyl (C=O) groups excluding carboxylic acids is 1. The lowest BCUT2D eigenvalue weighted by molar-refractivity contribution is -0.373. The van der Waals surface area contributed by atoms with Gasteiger partial charge in [-0.25, -0.2) is 0 Å². The summed E-state index contributed by atoms with van der Waals surface area (Å²) in [5.74, 6) is -0.248. The molecule has 1 aliphatic heterocycles. The number of alkyl halides is 6. The molecule has 0 saturated carbocycles. The van der Waals surface area contributed by atoms with Gasteiger partial charge in [-0.3, -0.25) is 4.79 Å². The van der Waals surface area contributed by atoms with E-state index in [4.69, 9.17) is 9.47 Å². The topological polar surface area (TPSA) is 55.8 Å². The van der Waals surface area contributed by atoms with Crippen LogP contribution in [0, 0.1) is 0 Å². The number of carbonyl (C=O) groups is 1. The zero-order chi connectivity index (χ0) is 25.4. The summed E-state index contributed by atoms with van der Waals surface area (Å²) < 4.78 is 87.5. The number of esters is 1. The SMILES string of the molecule is O=C1Cc2cccc([S+](c3ccccc3)c3ccc(OCC(O)(C(F)(F)F)C(F)(F)F)cc3)c2O1. The van der Waals surface area contributed by atoms with Gasteiger partial charge in [-0.15, -0.1) is 0 Å². The highest BCUT2D eigenvalue weighted by molar-refractivity contribution is 7.97. The molecule has 0 aromatic heterocycles. The molecule has 4 nitrogen and oxygen atoms in total. The van der Waals surface area contributed by atoms with E-state index < -0.39 is 41.4 Å². The number of halogens is 6. The molecule has 1 aliphatic rings. The van der Waals surface area contributed by atoms with Crippen molar-refractivity contribution >= 4 is 16.9 Å². The van der Waals surface area contributed by atoms with Gasteiger partial charge in [0.05, 0.1) is 6.42 Å². The maximum atomic E-state index is 12.9. The van der Waals surface area contributed by atoms with Crippen LogP contribution < -0.4 is 9.47 Å². The average Bonchev–Trinajstić information content (AvgIpc) is 3.19. The van der Waals surface area contributed by atoms with Crippen molar-refractivity contribution in [1.29, 1.82) is 0 Å². The van der Waals surface area contributed by atoms with Gasteiger partial charge in [-0.05, 0) is 42.5 Å². The van der Waals surface area contributed by atoms with Crippen LogP contribution in [0.3, 0.4) is 0 Å². The molecule has 3 aromatic rings. The van der Waals surface area contributed by atoms with E-state index >= 15 is 0 Å². The van der Waals surface area contributed by atoms with Crippen LogP contribution in [0.1, 0.15) is 5.56 Å². The van der Waals surface area contributed by atoms with Crippen molar-refractivity contribution in [2.75, 3.05) is 6.61 Å². The van der Waals surface area contributed by atoms with Gasteiger partial charge in [0.1, 0.15) is 23.3 Å². The zero-order valence-electron chi connectivity index (χ0n) is 17.7. The number of aliphatic hydroxyl groups is 1. The summed E-state index contributed by atoms with van der Waals surface area (Å²) in [6, 6.07) is 20.0. The number of fused-ring (bicyclic) bond motifs is 1. The highest BCUT2D eigenvalue weighted by atomic mass is 32.2. The van der Waals surface area contributed by atoms with Crippen molar-refractivity contribution in [3.05, 3.63) is 78.4 Å². The van der Waals surface area contributed by atoms with Gasteiger partial charge in [0.25, 0.3) is 5.60 Å². The van der Waals surface area contributed by atoms with Crippen molar-refractivity contribution in [3.8, 4) is 11.5 Å². The van der Waals surface area contributed by atoms with Crippen molar-refractivity contribution < 1.29 is 45.7 Å². The summed E-state index contributed by atoms with van der Waals surface area (Å²) in [5, 5.41) is 9.28. The first kappa shape index (κ1) is 24.9. The third kappa shape index (κ3) is 4.83. The Morgan fingerprint density at radius 3 is 2.03 bits per heavy atom. The largest absolute Gasteiger partial charge is 0.490 e. The smallest absolute Gasteiger partial charge is 0.429 e. The molecular formula is C24H17F6O4S+. The van der Waals surface area contributed by atoms with Gasteiger partial charge in [0.15, 0.2) is 15.5 Å². The standard InChI is InChI=1S/C24H17F6O4S/c25-23(26,27)22(32,24(28,29)30)14-33-16-9-11-18(12-10-16)35(17-6-2-1-3-7-17)19-8-4-5-15-13-20(31)34-21(15)19/h1-12,32H,13-14H2/q+1. The lowest BCUT2D eigenvalue weighted by atomic mass is 10.0. The van der Waals surface area contributed by atoms with Crippen LogP contribution in [0.25, 0.3) is 0 Å². The van der Waals surface area contributed by atoms with Gasteiger partial charge in [0, 0.05) is 5.56 Å². The summed E-state index contributed by atoms with van der Waals surface area (Å²) in [5.41, 5.74) is -4.29. The van der Waals surface area contributed by atoms with Gasteiger partial charge < -0.3 is 14.6 Å². The van der Waals surface area contributed by atoms with E-state index in [0.717, 1.165) is 10.5 Å². The molecule has 0 saturated heterocycles. The maximum absolute atomic E-state index is 12.9. The highest BCUT2D eigenvalue weighted by Crippen LogP contribution is 2.44. The molecule has 0 fully saturated rings. The molecule has 0 spiro atoms. The minimum absolute atomic E-state index is 0.128. The normalized spacial score (nSPS) is 14.9. The second-order valence-electron chi connectivity index (χ2n) is 7.63. The Bertz CT molecular complexity index is 1200. The Balaban J connectivity index is 1.66. The van der Waals surface area contributed by atoms with E-state index in [0.29, 0.717) is 15.5 Å². The third-order valence-electron chi connectivity index (χ3n) is 5.26. The molecule has 1 heterocycles. The molecule has 0 amide bonds. The fraction of sp³-hybridized carbons (Fsp3) is 0.208. The van der Waals surface area contributed by atoms with Crippen LogP contribution in [-0.4, -0.2) is 35.6 Å². The van der Waals surface area contributed by atoms with E-state index in [-0.39, 0.29) is 12.2 Å². The average molecular weight is 515 g/mol. The fourth-order valence-electron chi connectivity index (χ4n) is 3.41. The molecule has 0 bridgehead atoms. The first-order valence-corrected chi connectivity index (χ1v) is 11.3. The van der Waals surface area contributed by atoms with E-state index in [9.17, 15) is 36.2 Å². The van der Waals surface area contributed by atoms with Crippen LogP contribution in [0.2, 0.25) is 0 Å². The summed E-state index contributed by atoms with van der Waals surface area (Å²) >= 11 is 0. The van der Waals surface area contributed by atoms with Gasteiger partial charge in [-0.1, -0.05) is 30.3 Å². The van der Waals surface area contributed by atoms with E-state index in [2.05, 4.69) is 0 Å². The van der Waals surface area contributed by atoms with Crippen LogP contribution in [0.15, 0.2) is 87.5 Å². The van der Waals surface area contributed by atoms with E-state index in [1.165, 1.54) is 24.3 Å². The molecule has 11 heteroatoms. The number of benzene rings is 3. The summed E-state index contributed by atoms with van der Waals surface area (Å²) in [7, 11) is -0.811. The highest BCUT2D eigenvalue weighted by Gasteiger charge is 2.71. The number of para-hydroxylation sites is 1. The van der Waals surface area contributed by atoms with Crippen LogP contribution >= 0.6 is 0 Å². The predicted molar refractivity (Wildman–Crippen MR) is 113 cm³/mol. The second kappa shape index (κ2) is 9.12. The fourth-order valence-corrected chi connectivity index (χ4v) is 5.60. The Hall–Kier alpha value is -3.18. The van der Waals surface area contributed by atoms with Crippen molar-refractivity contribution in [2.24, 2.45) is 0 Å². The van der Waals surface area contributed by atoms with Crippen LogP contribution in [0.5, 0.6) is 11.5 Å². The lowest BCUT2D eigenvalue weighted by Crippen LogP contribution is -2.60. The van der Waals surface area contributed by atoms with Crippen molar-refractivity contribution in [2.45, 2.75) is 39.1 Å². The first-order chi connectivity index (χ1) is 16.4. The Morgan fingerprint density at radius 2 is 1.43 bits per heavy atom. The molecule has 184 valence electrons. The molecule has 0 aliphatic carbocycles. The van der Waals surface area contributed by atoms with Crippen molar-refractivity contribution in [1.82, 2.24) is 0 Å². The first-order valence-electron chi connectivity index (χ1n) is 10.1. The molecule has 1 N–H and O–H groups in total. The van der Waals surface area contributed by atoms with Crippen LogP contribution in [0.4, 0.5) is 26.3 Å².